The summed E-state index contributed by atoms with van der Waals surface area (Å²) in [5.41, 5.74) is 0. The third-order valence-corrected chi connectivity index (χ3v) is 4.06. The highest BCUT2D eigenvalue weighted by Gasteiger charge is 2.29. The van der Waals surface area contributed by atoms with Crippen LogP contribution in [0.25, 0.3) is 0 Å². The zero-order valence-corrected chi connectivity index (χ0v) is 12.3. The maximum atomic E-state index is 12.3. The van der Waals surface area contributed by atoms with Crippen molar-refractivity contribution in [3.8, 4) is 0 Å². The van der Waals surface area contributed by atoms with Gasteiger partial charge in [0.1, 0.15) is 0 Å². The zero-order valence-electron chi connectivity index (χ0n) is 12.3. The molecule has 2 unspecified atom stereocenters. The van der Waals surface area contributed by atoms with E-state index in [4.69, 9.17) is 5.11 Å². The van der Waals surface area contributed by atoms with E-state index in [2.05, 4.69) is 0 Å². The molecule has 0 saturated carbocycles. The number of carbonyl (C=O) groups excluding carboxylic acids is 1. The number of carbonyl (C=O) groups is 2. The van der Waals surface area contributed by atoms with E-state index < -0.39 is 5.97 Å². The number of carboxylic acids is 1. The van der Waals surface area contributed by atoms with Gasteiger partial charge in [0.05, 0.1) is 0 Å². The molecule has 0 aromatic rings. The van der Waals surface area contributed by atoms with Gasteiger partial charge in [0, 0.05) is 32.6 Å². The summed E-state index contributed by atoms with van der Waals surface area (Å²) in [6.07, 6.45) is 2.19. The lowest BCUT2D eigenvalue weighted by Crippen LogP contribution is -2.48. The molecule has 0 bridgehead atoms. The van der Waals surface area contributed by atoms with Crippen molar-refractivity contribution in [1.29, 1.82) is 0 Å². The van der Waals surface area contributed by atoms with Crippen molar-refractivity contribution < 1.29 is 14.7 Å². The minimum atomic E-state index is -0.750. The first-order valence-corrected chi connectivity index (χ1v) is 7.25. The van der Waals surface area contributed by atoms with Crippen LogP contribution < -0.4 is 0 Å². The van der Waals surface area contributed by atoms with Gasteiger partial charge < -0.3 is 14.9 Å². The number of hydrogen-bond donors (Lipinski definition) is 1. The summed E-state index contributed by atoms with van der Waals surface area (Å²) in [6, 6.07) is 0.0947. The maximum absolute atomic E-state index is 12.3. The quantitative estimate of drug-likeness (QED) is 0.833. The molecule has 5 nitrogen and oxygen atoms in total. The number of nitrogens with zero attached hydrogens (tertiary/aromatic N) is 2. The monoisotopic (exact) mass is 270 g/mol. The lowest BCUT2D eigenvalue weighted by Gasteiger charge is -2.37. The topological polar surface area (TPSA) is 60.9 Å². The Bertz CT molecular complexity index is 316. The number of aliphatic carboxylic acids is 1. The van der Waals surface area contributed by atoms with E-state index in [0.29, 0.717) is 12.5 Å². The number of likely N-dealkylation sites (tertiary alicyclic amines) is 1. The molecule has 1 fully saturated rings. The number of rotatable bonds is 5. The minimum absolute atomic E-state index is 0.0947. The average molecular weight is 270 g/mol. The predicted octanol–water partition coefficient (Wildman–Crippen LogP) is 2.27. The molecule has 1 rings (SSSR count). The first-order chi connectivity index (χ1) is 8.99. The zero-order chi connectivity index (χ0) is 14.4. The van der Waals surface area contributed by atoms with Gasteiger partial charge in [0.2, 0.25) is 0 Å². The fourth-order valence-corrected chi connectivity index (χ4v) is 2.78. The van der Waals surface area contributed by atoms with E-state index in [0.717, 1.165) is 32.5 Å². The Balaban J connectivity index is 2.58. The molecular weight excluding hydrogens is 244 g/mol. The van der Waals surface area contributed by atoms with Gasteiger partial charge in [-0.1, -0.05) is 6.92 Å². The summed E-state index contributed by atoms with van der Waals surface area (Å²) in [6.45, 7) is 8.88. The number of piperidine rings is 1. The van der Waals surface area contributed by atoms with Gasteiger partial charge in [0.25, 0.3) is 0 Å². The van der Waals surface area contributed by atoms with Crippen LogP contribution in [0.5, 0.6) is 0 Å². The molecule has 1 saturated heterocycles. The Hall–Kier alpha value is -1.26. The molecule has 1 N–H and O–H groups in total. The predicted molar refractivity (Wildman–Crippen MR) is 74.0 cm³/mol. The number of amides is 2. The fourth-order valence-electron chi connectivity index (χ4n) is 2.78. The molecule has 1 aliphatic heterocycles. The number of hydrogen-bond acceptors (Lipinski definition) is 2. The minimum Gasteiger partial charge on any atom is -0.481 e. The van der Waals surface area contributed by atoms with E-state index in [1.54, 1.807) is 0 Å². The van der Waals surface area contributed by atoms with E-state index in [9.17, 15) is 9.59 Å². The smallest absolute Gasteiger partial charge is 0.319 e. The largest absolute Gasteiger partial charge is 0.481 e. The highest BCUT2D eigenvalue weighted by Crippen LogP contribution is 2.26. The van der Waals surface area contributed by atoms with Gasteiger partial charge in [-0.25, -0.2) is 4.79 Å². The van der Waals surface area contributed by atoms with Gasteiger partial charge in [-0.3, -0.25) is 4.79 Å². The van der Waals surface area contributed by atoms with Crippen molar-refractivity contribution in [3.63, 3.8) is 0 Å². The van der Waals surface area contributed by atoms with Crippen LogP contribution in [0.2, 0.25) is 0 Å². The Labute approximate surface area is 115 Å². The van der Waals surface area contributed by atoms with Crippen LogP contribution in [0.15, 0.2) is 0 Å². The molecule has 0 aliphatic carbocycles. The van der Waals surface area contributed by atoms with Crippen LogP contribution in [-0.2, 0) is 4.79 Å². The summed E-state index contributed by atoms with van der Waals surface area (Å²) in [7, 11) is 0. The normalized spacial score (nSPS) is 21.0. The van der Waals surface area contributed by atoms with Crippen molar-refractivity contribution in [1.82, 2.24) is 9.80 Å². The number of urea groups is 1. The van der Waals surface area contributed by atoms with Gasteiger partial charge in [-0.2, -0.15) is 0 Å². The highest BCUT2D eigenvalue weighted by atomic mass is 16.4. The van der Waals surface area contributed by atoms with Crippen LogP contribution >= 0.6 is 0 Å². The second-order valence-electron chi connectivity index (χ2n) is 5.38. The standard InChI is InChI=1S/C14H26N2O3/c1-4-15(5-2)14(19)16-8-6-7-12(10-16)11(3)9-13(17)18/h11-12H,4-10H2,1-3H3,(H,17,18). The number of carboxylic acid groups (broad SMARTS) is 1. The first kappa shape index (κ1) is 15.8. The molecule has 5 heteroatoms. The van der Waals surface area contributed by atoms with Gasteiger partial charge in [-0.05, 0) is 38.5 Å². The molecule has 0 spiro atoms. The molecule has 1 aliphatic rings. The van der Waals surface area contributed by atoms with Crippen molar-refractivity contribution in [3.05, 3.63) is 0 Å². The van der Waals surface area contributed by atoms with Gasteiger partial charge in [0.15, 0.2) is 0 Å². The third-order valence-electron chi connectivity index (χ3n) is 4.06. The van der Waals surface area contributed by atoms with Crippen LogP contribution in [-0.4, -0.2) is 53.1 Å². The van der Waals surface area contributed by atoms with Crippen molar-refractivity contribution >= 4 is 12.0 Å². The average Bonchev–Trinajstić information content (AvgIpc) is 2.39. The lowest BCUT2D eigenvalue weighted by atomic mass is 9.85. The van der Waals surface area contributed by atoms with Crippen molar-refractivity contribution in [2.75, 3.05) is 26.2 Å². The second kappa shape index (κ2) is 7.36. The van der Waals surface area contributed by atoms with E-state index >= 15 is 0 Å². The molecule has 0 aromatic carbocycles. The SMILES string of the molecule is CCN(CC)C(=O)N1CCCC(C(C)CC(=O)O)C1. The molecule has 0 radical (unpaired) electrons. The summed E-state index contributed by atoms with van der Waals surface area (Å²) in [4.78, 5) is 26.8. The van der Waals surface area contributed by atoms with Crippen LogP contribution in [0.4, 0.5) is 4.79 Å². The molecule has 110 valence electrons. The first-order valence-electron chi connectivity index (χ1n) is 7.25. The maximum Gasteiger partial charge on any atom is 0.319 e. The van der Waals surface area contributed by atoms with E-state index in [1.807, 2.05) is 30.6 Å². The Morgan fingerprint density at radius 1 is 1.37 bits per heavy atom. The third kappa shape index (κ3) is 4.40. The highest BCUT2D eigenvalue weighted by molar-refractivity contribution is 5.74. The summed E-state index contributed by atoms with van der Waals surface area (Å²) in [5, 5.41) is 8.87. The molecular formula is C14H26N2O3. The molecule has 2 atom stereocenters. The van der Waals surface area contributed by atoms with Gasteiger partial charge >= 0.3 is 12.0 Å². The van der Waals surface area contributed by atoms with Crippen LogP contribution in [0.1, 0.15) is 40.0 Å². The van der Waals surface area contributed by atoms with Gasteiger partial charge in [-0.15, -0.1) is 0 Å². The second-order valence-corrected chi connectivity index (χ2v) is 5.38. The lowest BCUT2D eigenvalue weighted by molar-refractivity contribution is -0.138. The Morgan fingerprint density at radius 3 is 2.53 bits per heavy atom. The fraction of sp³-hybridized carbons (Fsp3) is 0.857. The van der Waals surface area contributed by atoms with Crippen LogP contribution in [0, 0.1) is 11.8 Å². The Kier molecular flexibility index (Phi) is 6.12. The van der Waals surface area contributed by atoms with Crippen molar-refractivity contribution in [2.45, 2.75) is 40.0 Å². The van der Waals surface area contributed by atoms with E-state index in [-0.39, 0.29) is 18.4 Å². The summed E-state index contributed by atoms with van der Waals surface area (Å²) in [5.74, 6) is -0.311. The molecule has 2 amide bonds. The van der Waals surface area contributed by atoms with E-state index in [1.165, 1.54) is 0 Å². The van der Waals surface area contributed by atoms with Crippen molar-refractivity contribution in [2.24, 2.45) is 11.8 Å². The summed E-state index contributed by atoms with van der Waals surface area (Å²) >= 11 is 0. The summed E-state index contributed by atoms with van der Waals surface area (Å²) < 4.78 is 0. The Morgan fingerprint density at radius 2 is 2.00 bits per heavy atom. The molecule has 19 heavy (non-hydrogen) atoms. The molecule has 0 aromatic heterocycles. The molecule has 1 heterocycles. The van der Waals surface area contributed by atoms with Crippen LogP contribution in [0.3, 0.4) is 0 Å².